The van der Waals surface area contributed by atoms with E-state index in [0.29, 0.717) is 13.1 Å². The number of aliphatic imine (C=N–C) groups is 1. The van der Waals surface area contributed by atoms with Crippen LogP contribution in [0.1, 0.15) is 33.9 Å². The second-order valence-electron chi connectivity index (χ2n) is 7.76. The minimum Gasteiger partial charge on any atom is -0.497 e. The van der Waals surface area contributed by atoms with Crippen LogP contribution in [0.4, 0.5) is 0 Å². The molecular weight excluding hydrogens is 388 g/mol. The first kappa shape index (κ1) is 22.3. The zero-order chi connectivity index (χ0) is 22.2. The molecule has 0 spiro atoms. The molecule has 7 heteroatoms. The van der Waals surface area contributed by atoms with Crippen LogP contribution >= 0.6 is 0 Å². The number of guanidine groups is 1. The molecule has 1 heterocycles. The topological polar surface area (TPSA) is 76.4 Å². The van der Waals surface area contributed by atoms with Crippen LogP contribution in [-0.4, -0.2) is 34.4 Å². The Balaban J connectivity index is 1.65. The van der Waals surface area contributed by atoms with Crippen LogP contribution in [0.2, 0.25) is 0 Å². The van der Waals surface area contributed by atoms with Gasteiger partial charge in [-0.15, -0.1) is 10.2 Å². The molecule has 0 atom stereocenters. The largest absolute Gasteiger partial charge is 0.497 e. The number of benzene rings is 2. The van der Waals surface area contributed by atoms with E-state index in [9.17, 15) is 0 Å². The van der Waals surface area contributed by atoms with Crippen molar-refractivity contribution in [3.8, 4) is 5.75 Å². The Kier molecular flexibility index (Phi) is 7.65. The van der Waals surface area contributed by atoms with Crippen LogP contribution in [0.3, 0.4) is 0 Å². The normalized spacial score (nSPS) is 11.5. The average molecular weight is 421 g/mol. The minimum atomic E-state index is 0.551. The van der Waals surface area contributed by atoms with Gasteiger partial charge in [0.1, 0.15) is 11.6 Å². The monoisotopic (exact) mass is 420 g/mol. The summed E-state index contributed by atoms with van der Waals surface area (Å²) in [6.45, 7) is 8.12. The van der Waals surface area contributed by atoms with Gasteiger partial charge in [-0.1, -0.05) is 41.5 Å². The fraction of sp³-hybridized carbons (Fsp3) is 0.375. The summed E-state index contributed by atoms with van der Waals surface area (Å²) in [5, 5.41) is 15.2. The third kappa shape index (κ3) is 6.57. The van der Waals surface area contributed by atoms with Crippen LogP contribution in [0, 0.1) is 20.8 Å². The molecule has 31 heavy (non-hydrogen) atoms. The van der Waals surface area contributed by atoms with Gasteiger partial charge < -0.3 is 19.9 Å². The quantitative estimate of drug-likeness (QED) is 0.432. The number of nitrogens with one attached hydrogen (secondary N) is 2. The second-order valence-corrected chi connectivity index (χ2v) is 7.76. The number of ether oxygens (including phenoxy) is 1. The molecule has 0 radical (unpaired) electrons. The number of aromatic nitrogens is 3. The zero-order valence-corrected chi connectivity index (χ0v) is 19.1. The smallest absolute Gasteiger partial charge is 0.191 e. The van der Waals surface area contributed by atoms with Gasteiger partial charge in [-0.3, -0.25) is 0 Å². The van der Waals surface area contributed by atoms with Crippen LogP contribution in [0.25, 0.3) is 0 Å². The van der Waals surface area contributed by atoms with E-state index < -0.39 is 0 Å². The van der Waals surface area contributed by atoms with E-state index in [1.165, 1.54) is 16.7 Å². The number of nitrogens with zero attached hydrogens (tertiary/aromatic N) is 4. The van der Waals surface area contributed by atoms with Crippen LogP contribution in [0.15, 0.2) is 47.5 Å². The molecule has 0 saturated carbocycles. The Morgan fingerprint density at radius 3 is 2.29 bits per heavy atom. The van der Waals surface area contributed by atoms with Crippen molar-refractivity contribution in [3.05, 3.63) is 76.4 Å². The van der Waals surface area contributed by atoms with Crippen molar-refractivity contribution in [1.29, 1.82) is 0 Å². The van der Waals surface area contributed by atoms with Crippen molar-refractivity contribution >= 4 is 5.96 Å². The molecule has 3 rings (SSSR count). The first-order valence-electron chi connectivity index (χ1n) is 10.5. The SMILES string of the molecule is COc1ccc(CN=C(NCCc2cc(C)cc(C)c2)NCc2nnc(C)n2C)cc1. The molecule has 3 aromatic rings. The highest BCUT2D eigenvalue weighted by molar-refractivity contribution is 5.79. The molecular formula is C24H32N6O. The minimum absolute atomic E-state index is 0.551. The summed E-state index contributed by atoms with van der Waals surface area (Å²) in [6, 6.07) is 14.6. The van der Waals surface area contributed by atoms with E-state index in [0.717, 1.165) is 41.9 Å². The summed E-state index contributed by atoms with van der Waals surface area (Å²) in [7, 11) is 3.64. The predicted octanol–water partition coefficient (Wildman–Crippen LogP) is 3.23. The summed E-state index contributed by atoms with van der Waals surface area (Å²) in [5.74, 6) is 3.35. The molecule has 0 amide bonds. The fourth-order valence-electron chi connectivity index (χ4n) is 3.38. The van der Waals surface area contributed by atoms with Gasteiger partial charge in [0.05, 0.1) is 20.2 Å². The molecule has 1 aromatic heterocycles. The van der Waals surface area contributed by atoms with E-state index in [-0.39, 0.29) is 0 Å². The van der Waals surface area contributed by atoms with Gasteiger partial charge in [0.25, 0.3) is 0 Å². The number of hydrogen-bond acceptors (Lipinski definition) is 4. The summed E-state index contributed by atoms with van der Waals surface area (Å²) < 4.78 is 7.21. The lowest BCUT2D eigenvalue weighted by Gasteiger charge is -2.13. The lowest BCUT2D eigenvalue weighted by atomic mass is 10.1. The van der Waals surface area contributed by atoms with Crippen molar-refractivity contribution < 1.29 is 4.74 Å². The van der Waals surface area contributed by atoms with Gasteiger partial charge in [0, 0.05) is 13.6 Å². The molecule has 0 aliphatic rings. The predicted molar refractivity (Wildman–Crippen MR) is 124 cm³/mol. The van der Waals surface area contributed by atoms with Crippen LogP contribution in [0.5, 0.6) is 5.75 Å². The van der Waals surface area contributed by atoms with Crippen molar-refractivity contribution in [2.45, 2.75) is 40.3 Å². The lowest BCUT2D eigenvalue weighted by Crippen LogP contribution is -2.38. The Hall–Kier alpha value is -3.35. The third-order valence-electron chi connectivity index (χ3n) is 5.16. The summed E-state index contributed by atoms with van der Waals surface area (Å²) in [5.41, 5.74) is 5.02. The Morgan fingerprint density at radius 2 is 1.68 bits per heavy atom. The third-order valence-corrected chi connectivity index (χ3v) is 5.16. The van der Waals surface area contributed by atoms with Crippen molar-refractivity contribution in [1.82, 2.24) is 25.4 Å². The van der Waals surface area contributed by atoms with Gasteiger partial charge in [-0.05, 0) is 50.5 Å². The maximum Gasteiger partial charge on any atom is 0.191 e. The van der Waals surface area contributed by atoms with E-state index in [4.69, 9.17) is 9.73 Å². The Bertz CT molecular complexity index is 1000. The highest BCUT2D eigenvalue weighted by Crippen LogP contribution is 2.12. The Morgan fingerprint density at radius 1 is 0.968 bits per heavy atom. The van der Waals surface area contributed by atoms with Crippen molar-refractivity contribution in [2.24, 2.45) is 12.0 Å². The molecule has 0 fully saturated rings. The molecule has 2 aromatic carbocycles. The Labute approximate surface area is 184 Å². The number of rotatable bonds is 8. The van der Waals surface area contributed by atoms with Crippen LogP contribution < -0.4 is 15.4 Å². The standard InChI is InChI=1S/C24H32N6O/c1-17-12-18(2)14-21(13-17)10-11-25-24(27-16-23-29-28-19(3)30(23)4)26-15-20-6-8-22(31-5)9-7-20/h6-9,12-14H,10-11,15-16H2,1-5H3,(H2,25,26,27). The molecule has 0 aliphatic heterocycles. The van der Waals surface area contributed by atoms with Crippen molar-refractivity contribution in [2.75, 3.05) is 13.7 Å². The number of hydrogen-bond donors (Lipinski definition) is 2. The van der Waals surface area contributed by atoms with E-state index in [1.807, 2.05) is 42.8 Å². The number of methoxy groups -OCH3 is 1. The molecule has 0 aliphatic carbocycles. The maximum atomic E-state index is 5.23. The van der Waals surface area contributed by atoms with E-state index >= 15 is 0 Å². The van der Waals surface area contributed by atoms with Crippen molar-refractivity contribution in [3.63, 3.8) is 0 Å². The summed E-state index contributed by atoms with van der Waals surface area (Å²) in [4.78, 5) is 4.76. The fourth-order valence-corrected chi connectivity index (χ4v) is 3.38. The molecule has 0 unspecified atom stereocenters. The summed E-state index contributed by atoms with van der Waals surface area (Å²) in [6.07, 6.45) is 0.925. The van der Waals surface area contributed by atoms with Gasteiger partial charge in [-0.2, -0.15) is 0 Å². The molecule has 2 N–H and O–H groups in total. The van der Waals surface area contributed by atoms with Gasteiger partial charge in [0.15, 0.2) is 11.8 Å². The highest BCUT2D eigenvalue weighted by atomic mass is 16.5. The first-order valence-corrected chi connectivity index (χ1v) is 10.5. The van der Waals surface area contributed by atoms with Gasteiger partial charge in [-0.25, -0.2) is 4.99 Å². The van der Waals surface area contributed by atoms with E-state index in [1.54, 1.807) is 7.11 Å². The van der Waals surface area contributed by atoms with Gasteiger partial charge >= 0.3 is 0 Å². The average Bonchev–Trinajstić information content (AvgIpc) is 3.07. The highest BCUT2D eigenvalue weighted by Gasteiger charge is 2.07. The maximum absolute atomic E-state index is 5.23. The molecule has 164 valence electrons. The zero-order valence-electron chi connectivity index (χ0n) is 19.1. The van der Waals surface area contributed by atoms with E-state index in [2.05, 4.69) is 52.9 Å². The molecule has 7 nitrogen and oxygen atoms in total. The first-order chi connectivity index (χ1) is 14.9. The summed E-state index contributed by atoms with van der Waals surface area (Å²) >= 11 is 0. The second kappa shape index (κ2) is 10.6. The number of aryl methyl sites for hydroxylation is 3. The van der Waals surface area contributed by atoms with Gasteiger partial charge in [0.2, 0.25) is 0 Å². The molecule has 0 saturated heterocycles. The molecule has 0 bridgehead atoms. The van der Waals surface area contributed by atoms with Crippen LogP contribution in [-0.2, 0) is 26.6 Å². The lowest BCUT2D eigenvalue weighted by molar-refractivity contribution is 0.414.